The van der Waals surface area contributed by atoms with Crippen LogP contribution in [-0.4, -0.2) is 6.54 Å². The zero-order chi connectivity index (χ0) is 15.1. The van der Waals surface area contributed by atoms with Gasteiger partial charge in [0.1, 0.15) is 18.2 Å². The molecule has 0 aromatic heterocycles. The highest BCUT2D eigenvalue weighted by molar-refractivity contribution is 5.31. The van der Waals surface area contributed by atoms with Crippen LogP contribution in [0.1, 0.15) is 37.4 Å². The van der Waals surface area contributed by atoms with E-state index in [0.717, 1.165) is 18.5 Å². The van der Waals surface area contributed by atoms with Crippen molar-refractivity contribution < 1.29 is 9.13 Å². The fourth-order valence-corrected chi connectivity index (χ4v) is 2.16. The number of ether oxygens (including phenoxy) is 1. The van der Waals surface area contributed by atoms with Gasteiger partial charge in [0.05, 0.1) is 0 Å². The second-order valence-electron chi connectivity index (χ2n) is 5.13. The lowest BCUT2D eigenvalue weighted by atomic mass is 10.1. The van der Waals surface area contributed by atoms with Gasteiger partial charge in [-0.1, -0.05) is 43.3 Å². The van der Waals surface area contributed by atoms with Crippen molar-refractivity contribution in [2.45, 2.75) is 32.9 Å². The molecule has 2 aromatic rings. The molecule has 1 atom stereocenters. The average molecular weight is 287 g/mol. The molecule has 2 aromatic carbocycles. The quantitative estimate of drug-likeness (QED) is 0.811. The Hall–Kier alpha value is -1.87. The monoisotopic (exact) mass is 287 g/mol. The van der Waals surface area contributed by atoms with Gasteiger partial charge >= 0.3 is 0 Å². The summed E-state index contributed by atoms with van der Waals surface area (Å²) in [7, 11) is 0. The lowest BCUT2D eigenvalue weighted by Gasteiger charge is -2.15. The molecule has 1 N–H and O–H groups in total. The van der Waals surface area contributed by atoms with Gasteiger partial charge in [0.15, 0.2) is 0 Å². The minimum Gasteiger partial charge on any atom is -0.489 e. The van der Waals surface area contributed by atoms with Crippen molar-refractivity contribution in [1.29, 1.82) is 0 Å². The third-order valence-electron chi connectivity index (χ3n) is 3.39. The lowest BCUT2D eigenvalue weighted by Crippen LogP contribution is -2.20. The van der Waals surface area contributed by atoms with Gasteiger partial charge in [0.25, 0.3) is 0 Å². The molecule has 0 aliphatic heterocycles. The van der Waals surface area contributed by atoms with E-state index in [1.54, 1.807) is 6.07 Å². The Bertz CT molecular complexity index is 556. The number of benzene rings is 2. The van der Waals surface area contributed by atoms with Gasteiger partial charge in [-0.3, -0.25) is 0 Å². The van der Waals surface area contributed by atoms with E-state index in [1.165, 1.54) is 6.07 Å². The summed E-state index contributed by atoms with van der Waals surface area (Å²) >= 11 is 0. The molecule has 0 aliphatic rings. The first kappa shape index (κ1) is 15.5. The second-order valence-corrected chi connectivity index (χ2v) is 5.13. The standard InChI is InChI=1S/C18H22FNO/c1-3-11-20-14(2)17-10-9-16(12-18(17)19)21-13-15-7-5-4-6-8-15/h4-10,12,14,20H,3,11,13H2,1-2H3. The number of halogens is 1. The maximum absolute atomic E-state index is 14.1. The van der Waals surface area contributed by atoms with E-state index >= 15 is 0 Å². The van der Waals surface area contributed by atoms with Crippen LogP contribution in [0.25, 0.3) is 0 Å². The van der Waals surface area contributed by atoms with E-state index in [1.807, 2.05) is 43.3 Å². The summed E-state index contributed by atoms with van der Waals surface area (Å²) in [6.45, 7) is 5.39. The van der Waals surface area contributed by atoms with Crippen LogP contribution in [0.5, 0.6) is 5.75 Å². The molecule has 0 radical (unpaired) electrons. The molecule has 0 spiro atoms. The van der Waals surface area contributed by atoms with Crippen LogP contribution >= 0.6 is 0 Å². The smallest absolute Gasteiger partial charge is 0.131 e. The second kappa shape index (κ2) is 7.79. The van der Waals surface area contributed by atoms with Crippen molar-refractivity contribution in [3.8, 4) is 5.75 Å². The summed E-state index contributed by atoms with van der Waals surface area (Å²) < 4.78 is 19.8. The first-order chi connectivity index (χ1) is 10.2. The first-order valence-corrected chi connectivity index (χ1v) is 7.40. The highest BCUT2D eigenvalue weighted by atomic mass is 19.1. The van der Waals surface area contributed by atoms with E-state index < -0.39 is 0 Å². The molecule has 2 rings (SSSR count). The zero-order valence-corrected chi connectivity index (χ0v) is 12.6. The van der Waals surface area contributed by atoms with E-state index in [4.69, 9.17) is 4.74 Å². The van der Waals surface area contributed by atoms with Crippen LogP contribution in [-0.2, 0) is 6.61 Å². The van der Waals surface area contributed by atoms with Crippen LogP contribution in [0.15, 0.2) is 48.5 Å². The topological polar surface area (TPSA) is 21.3 Å². The molecule has 0 heterocycles. The Balaban J connectivity index is 1.98. The van der Waals surface area contributed by atoms with Crippen LogP contribution in [0.4, 0.5) is 4.39 Å². The van der Waals surface area contributed by atoms with Gasteiger partial charge < -0.3 is 10.1 Å². The van der Waals surface area contributed by atoms with Crippen molar-refractivity contribution in [1.82, 2.24) is 5.32 Å². The third-order valence-corrected chi connectivity index (χ3v) is 3.39. The van der Waals surface area contributed by atoms with Crippen molar-refractivity contribution in [3.63, 3.8) is 0 Å². The van der Waals surface area contributed by atoms with Gasteiger partial charge in [-0.15, -0.1) is 0 Å². The van der Waals surface area contributed by atoms with Crippen molar-refractivity contribution in [3.05, 3.63) is 65.5 Å². The number of hydrogen-bond acceptors (Lipinski definition) is 2. The molecule has 2 nitrogen and oxygen atoms in total. The largest absolute Gasteiger partial charge is 0.489 e. The molecule has 1 unspecified atom stereocenters. The minimum atomic E-state index is -0.225. The maximum Gasteiger partial charge on any atom is 0.131 e. The summed E-state index contributed by atoms with van der Waals surface area (Å²) in [5.41, 5.74) is 1.75. The number of hydrogen-bond donors (Lipinski definition) is 1. The third kappa shape index (κ3) is 4.57. The predicted octanol–water partition coefficient (Wildman–Crippen LogP) is 4.47. The minimum absolute atomic E-state index is 0.00752. The van der Waals surface area contributed by atoms with Gasteiger partial charge in [0.2, 0.25) is 0 Å². The van der Waals surface area contributed by atoms with Crippen LogP contribution in [0.3, 0.4) is 0 Å². The fourth-order valence-electron chi connectivity index (χ4n) is 2.16. The van der Waals surface area contributed by atoms with E-state index in [0.29, 0.717) is 17.9 Å². The Labute approximate surface area is 126 Å². The molecule has 0 aliphatic carbocycles. The van der Waals surface area contributed by atoms with Gasteiger partial charge in [-0.25, -0.2) is 4.39 Å². The van der Waals surface area contributed by atoms with Crippen LogP contribution in [0, 0.1) is 5.82 Å². The predicted molar refractivity (Wildman–Crippen MR) is 83.9 cm³/mol. The molecule has 0 saturated heterocycles. The average Bonchev–Trinajstić information content (AvgIpc) is 2.51. The molecule has 0 saturated carbocycles. The Morgan fingerprint density at radius 2 is 1.90 bits per heavy atom. The molecule has 0 amide bonds. The molecule has 0 fully saturated rings. The lowest BCUT2D eigenvalue weighted by molar-refractivity contribution is 0.304. The summed E-state index contributed by atoms with van der Waals surface area (Å²) in [6.07, 6.45) is 1.03. The fraction of sp³-hybridized carbons (Fsp3) is 0.333. The zero-order valence-electron chi connectivity index (χ0n) is 12.6. The van der Waals surface area contributed by atoms with Gasteiger partial charge in [-0.05, 0) is 31.5 Å². The number of nitrogens with one attached hydrogen (secondary N) is 1. The Kier molecular flexibility index (Phi) is 5.76. The van der Waals surface area contributed by atoms with Crippen molar-refractivity contribution in [2.75, 3.05) is 6.54 Å². The highest BCUT2D eigenvalue weighted by Gasteiger charge is 2.11. The SMILES string of the molecule is CCCNC(C)c1ccc(OCc2ccccc2)cc1F. The maximum atomic E-state index is 14.1. The van der Waals surface area contributed by atoms with E-state index in [9.17, 15) is 4.39 Å². The molecule has 21 heavy (non-hydrogen) atoms. The molecular weight excluding hydrogens is 265 g/mol. The summed E-state index contributed by atoms with van der Waals surface area (Å²) in [5, 5.41) is 3.29. The van der Waals surface area contributed by atoms with Crippen molar-refractivity contribution >= 4 is 0 Å². The summed E-state index contributed by atoms with van der Waals surface area (Å²) in [5.74, 6) is 0.333. The Morgan fingerprint density at radius 1 is 1.14 bits per heavy atom. The first-order valence-electron chi connectivity index (χ1n) is 7.40. The molecular formula is C18H22FNO. The Morgan fingerprint density at radius 3 is 2.57 bits per heavy atom. The summed E-state index contributed by atoms with van der Waals surface area (Å²) in [4.78, 5) is 0. The molecule has 112 valence electrons. The van der Waals surface area contributed by atoms with Crippen LogP contribution in [0.2, 0.25) is 0 Å². The van der Waals surface area contributed by atoms with Crippen LogP contribution < -0.4 is 10.1 Å². The van der Waals surface area contributed by atoms with Gasteiger partial charge in [0, 0.05) is 17.7 Å². The number of rotatable bonds is 7. The molecule has 3 heteroatoms. The van der Waals surface area contributed by atoms with Gasteiger partial charge in [-0.2, -0.15) is 0 Å². The normalized spacial score (nSPS) is 12.1. The van der Waals surface area contributed by atoms with E-state index in [-0.39, 0.29) is 11.9 Å². The van der Waals surface area contributed by atoms with Crippen molar-refractivity contribution in [2.24, 2.45) is 0 Å². The highest BCUT2D eigenvalue weighted by Crippen LogP contribution is 2.22. The van der Waals surface area contributed by atoms with E-state index in [2.05, 4.69) is 12.2 Å². The summed E-state index contributed by atoms with van der Waals surface area (Å²) in [6, 6.07) is 14.9. The molecule has 0 bridgehead atoms.